The van der Waals surface area contributed by atoms with E-state index in [1.165, 1.54) is 23.8 Å². The Bertz CT molecular complexity index is 2150. The highest BCUT2D eigenvalue weighted by Crippen LogP contribution is 2.46. The molecule has 1 saturated heterocycles. The second kappa shape index (κ2) is 17.1. The van der Waals surface area contributed by atoms with Crippen molar-refractivity contribution in [3.05, 3.63) is 128 Å². The highest BCUT2D eigenvalue weighted by atomic mass is 35.5. The first-order chi connectivity index (χ1) is 25.5. The summed E-state index contributed by atoms with van der Waals surface area (Å²) in [6.45, 7) is 7.11. The van der Waals surface area contributed by atoms with Crippen LogP contribution in [0.4, 0.5) is 5.13 Å². The number of nitrogens with zero attached hydrogens (tertiary/aromatic N) is 3. The maximum absolute atomic E-state index is 13.9. The average molecular weight is 791 g/mol. The van der Waals surface area contributed by atoms with Gasteiger partial charge in [-0.3, -0.25) is 14.5 Å². The molecule has 0 bridgehead atoms. The molecule has 4 aromatic carbocycles. The molecule has 274 valence electrons. The van der Waals surface area contributed by atoms with E-state index in [1.54, 1.807) is 54.6 Å². The Morgan fingerprint density at radius 2 is 1.72 bits per heavy atom. The molecule has 2 heterocycles. The predicted molar refractivity (Wildman–Crippen MR) is 211 cm³/mol. The van der Waals surface area contributed by atoms with Gasteiger partial charge in [-0.25, -0.2) is 0 Å². The van der Waals surface area contributed by atoms with Gasteiger partial charge in [0.25, 0.3) is 5.78 Å². The number of ketones is 1. The number of aryl methyl sites for hydroxylation is 1. The van der Waals surface area contributed by atoms with Crippen LogP contribution in [-0.2, 0) is 21.9 Å². The van der Waals surface area contributed by atoms with E-state index in [0.717, 1.165) is 34.4 Å². The highest BCUT2D eigenvalue weighted by molar-refractivity contribution is 8.00. The molecular weight excluding hydrogens is 753 g/mol. The van der Waals surface area contributed by atoms with Gasteiger partial charge in [0, 0.05) is 21.4 Å². The summed E-state index contributed by atoms with van der Waals surface area (Å²) in [5.74, 6) is 0.401. The Kier molecular flexibility index (Phi) is 12.3. The topological polar surface area (TPSA) is 111 Å². The van der Waals surface area contributed by atoms with Gasteiger partial charge in [-0.15, -0.1) is 10.2 Å². The Morgan fingerprint density at radius 1 is 0.943 bits per heavy atom. The van der Waals surface area contributed by atoms with Crippen LogP contribution < -0.4 is 19.1 Å². The molecule has 1 aromatic heterocycles. The van der Waals surface area contributed by atoms with Gasteiger partial charge in [0.1, 0.15) is 18.1 Å². The SMILES string of the molecule is COc1cc(C2C(=C(O)c3ccc(OCc4ccccc4C)cc3)C(=O)C(=O)N2c2nnc(SCc3ccc(Cl)cc3Cl)s2)ccc1OCCC(C)C. The van der Waals surface area contributed by atoms with Crippen LogP contribution >= 0.6 is 46.3 Å². The normalized spacial score (nSPS) is 15.3. The average Bonchev–Trinajstić information content (AvgIpc) is 3.72. The van der Waals surface area contributed by atoms with E-state index in [2.05, 4.69) is 24.0 Å². The van der Waals surface area contributed by atoms with Crippen LogP contribution in [0.15, 0.2) is 94.8 Å². The highest BCUT2D eigenvalue weighted by Gasteiger charge is 2.48. The van der Waals surface area contributed by atoms with Gasteiger partial charge in [0.05, 0.1) is 25.3 Å². The number of carbonyl (C=O) groups excluding carboxylic acids is 2. The lowest BCUT2D eigenvalue weighted by Crippen LogP contribution is -2.29. The van der Waals surface area contributed by atoms with Gasteiger partial charge in [-0.1, -0.05) is 96.5 Å². The summed E-state index contributed by atoms with van der Waals surface area (Å²) in [5, 5.41) is 21.7. The molecule has 6 rings (SSSR count). The lowest BCUT2D eigenvalue weighted by atomic mass is 9.95. The van der Waals surface area contributed by atoms with Crippen molar-refractivity contribution in [1.82, 2.24) is 10.2 Å². The van der Waals surface area contributed by atoms with Crippen LogP contribution in [0.3, 0.4) is 0 Å². The predicted octanol–water partition coefficient (Wildman–Crippen LogP) is 10.1. The summed E-state index contributed by atoms with van der Waals surface area (Å²) in [5.41, 5.74) is 3.77. The molecule has 0 radical (unpaired) electrons. The fourth-order valence-corrected chi connectivity index (χ4v) is 8.08. The minimum Gasteiger partial charge on any atom is -0.507 e. The molecule has 1 unspecified atom stereocenters. The molecule has 5 aromatic rings. The van der Waals surface area contributed by atoms with Crippen LogP contribution in [0.25, 0.3) is 5.76 Å². The first kappa shape index (κ1) is 38.2. The van der Waals surface area contributed by atoms with Gasteiger partial charge in [-0.05, 0) is 90.0 Å². The lowest BCUT2D eigenvalue weighted by Gasteiger charge is -2.23. The molecule has 9 nitrogen and oxygen atoms in total. The third-order valence-corrected chi connectivity index (χ3v) is 11.3. The zero-order valence-electron chi connectivity index (χ0n) is 29.5. The summed E-state index contributed by atoms with van der Waals surface area (Å²) in [7, 11) is 1.52. The van der Waals surface area contributed by atoms with E-state index in [1.807, 2.05) is 37.3 Å². The van der Waals surface area contributed by atoms with Crippen molar-refractivity contribution in [3.63, 3.8) is 0 Å². The second-order valence-corrected chi connectivity index (χ2v) is 15.7. The maximum Gasteiger partial charge on any atom is 0.301 e. The summed E-state index contributed by atoms with van der Waals surface area (Å²) < 4.78 is 18.3. The molecule has 53 heavy (non-hydrogen) atoms. The first-order valence-corrected chi connectivity index (χ1v) is 19.4. The van der Waals surface area contributed by atoms with E-state index in [9.17, 15) is 14.7 Å². The summed E-state index contributed by atoms with van der Waals surface area (Å²) in [6, 6.07) is 24.1. The van der Waals surface area contributed by atoms with E-state index in [-0.39, 0.29) is 16.5 Å². The molecule has 1 aliphatic rings. The van der Waals surface area contributed by atoms with Gasteiger partial charge in [0.2, 0.25) is 5.13 Å². The fourth-order valence-electron chi connectivity index (χ4n) is 5.66. The molecule has 1 amide bonds. The van der Waals surface area contributed by atoms with E-state index in [4.69, 9.17) is 37.4 Å². The number of carbonyl (C=O) groups is 2. The number of benzene rings is 4. The van der Waals surface area contributed by atoms with Crippen LogP contribution in [0.1, 0.15) is 54.1 Å². The number of aromatic nitrogens is 2. The monoisotopic (exact) mass is 789 g/mol. The number of hydrogen-bond donors (Lipinski definition) is 1. The van der Waals surface area contributed by atoms with Crippen molar-refractivity contribution in [2.24, 2.45) is 5.92 Å². The molecule has 0 aliphatic carbocycles. The fraction of sp³-hybridized carbons (Fsp3) is 0.250. The van der Waals surface area contributed by atoms with Crippen LogP contribution in [0.2, 0.25) is 10.0 Å². The van der Waals surface area contributed by atoms with Crippen molar-refractivity contribution in [2.75, 3.05) is 18.6 Å². The van der Waals surface area contributed by atoms with Gasteiger partial charge in [-0.2, -0.15) is 0 Å². The number of anilines is 1. The van der Waals surface area contributed by atoms with Gasteiger partial charge < -0.3 is 19.3 Å². The van der Waals surface area contributed by atoms with E-state index >= 15 is 0 Å². The number of methoxy groups -OCH3 is 1. The molecule has 0 saturated carbocycles. The number of aliphatic hydroxyl groups is 1. The number of rotatable bonds is 14. The Hall–Kier alpha value is -4.55. The van der Waals surface area contributed by atoms with Crippen molar-refractivity contribution in [2.45, 2.75) is 49.9 Å². The zero-order valence-corrected chi connectivity index (χ0v) is 32.6. The summed E-state index contributed by atoms with van der Waals surface area (Å²) in [4.78, 5) is 29.1. The standard InChI is InChI=1S/C40H37Cl2N3O6S2/c1-23(2)17-18-50-32-16-12-26(19-33(32)49-4)35-34(36(46)25-10-14-30(15-11-25)51-21-27-8-6-5-7-24(27)3)37(47)38(48)45(35)39-43-44-40(53-39)52-22-28-9-13-29(41)20-31(28)42/h5-16,19-20,23,35,46H,17-18,21-22H2,1-4H3. The molecule has 1 N–H and O–H groups in total. The van der Waals surface area contributed by atoms with E-state index in [0.29, 0.717) is 67.6 Å². The largest absolute Gasteiger partial charge is 0.507 e. The molecule has 13 heteroatoms. The summed E-state index contributed by atoms with van der Waals surface area (Å²) in [6.07, 6.45) is 0.850. The number of ether oxygens (including phenoxy) is 3. The molecule has 0 spiro atoms. The third-order valence-electron chi connectivity index (χ3n) is 8.65. The Labute approximate surface area is 326 Å². The van der Waals surface area contributed by atoms with Crippen LogP contribution in [0, 0.1) is 12.8 Å². The number of halogens is 2. The number of aliphatic hydroxyl groups excluding tert-OH is 1. The molecule has 1 fully saturated rings. The minimum absolute atomic E-state index is 0.101. The summed E-state index contributed by atoms with van der Waals surface area (Å²) >= 11 is 15.0. The third kappa shape index (κ3) is 8.81. The quantitative estimate of drug-likeness (QED) is 0.0386. The molecular formula is C40H37Cl2N3O6S2. The minimum atomic E-state index is -1.05. The number of Topliss-reactive ketones (excluding diaryl/α,β-unsaturated/α-hetero) is 1. The first-order valence-electron chi connectivity index (χ1n) is 16.8. The number of amides is 1. The smallest absolute Gasteiger partial charge is 0.301 e. The van der Waals surface area contributed by atoms with Crippen molar-refractivity contribution in [3.8, 4) is 17.2 Å². The van der Waals surface area contributed by atoms with Crippen LogP contribution in [0.5, 0.6) is 17.2 Å². The maximum atomic E-state index is 13.9. The van der Waals surface area contributed by atoms with Crippen molar-refractivity contribution < 1.29 is 28.9 Å². The van der Waals surface area contributed by atoms with Crippen LogP contribution in [-0.4, -0.2) is 40.7 Å². The van der Waals surface area contributed by atoms with Gasteiger partial charge in [0.15, 0.2) is 15.8 Å². The van der Waals surface area contributed by atoms with Crippen molar-refractivity contribution >= 4 is 68.9 Å². The Balaban J connectivity index is 1.34. The molecule has 1 aliphatic heterocycles. The number of thioether (sulfide) groups is 1. The lowest BCUT2D eigenvalue weighted by molar-refractivity contribution is -0.132. The van der Waals surface area contributed by atoms with Gasteiger partial charge >= 0.3 is 5.91 Å². The van der Waals surface area contributed by atoms with Crippen molar-refractivity contribution in [1.29, 1.82) is 0 Å². The number of hydrogen-bond acceptors (Lipinski definition) is 10. The Morgan fingerprint density at radius 3 is 2.43 bits per heavy atom. The zero-order chi connectivity index (χ0) is 37.6. The second-order valence-electron chi connectivity index (χ2n) is 12.7. The van der Waals surface area contributed by atoms with E-state index < -0.39 is 17.7 Å². The molecule has 1 atom stereocenters.